The molecule has 0 radical (unpaired) electrons. The first-order valence-corrected chi connectivity index (χ1v) is 10.8. The van der Waals surface area contributed by atoms with Gasteiger partial charge in [-0.2, -0.15) is 0 Å². The van der Waals surface area contributed by atoms with Crippen LogP contribution in [0.5, 0.6) is 5.75 Å². The van der Waals surface area contributed by atoms with E-state index in [9.17, 15) is 24.5 Å². The van der Waals surface area contributed by atoms with Crippen LogP contribution in [0.15, 0.2) is 72.8 Å². The molecule has 1 saturated heterocycles. The van der Waals surface area contributed by atoms with Gasteiger partial charge in [0.15, 0.2) is 12.4 Å². The molecule has 4 rings (SSSR count). The van der Waals surface area contributed by atoms with E-state index in [0.717, 1.165) is 11.1 Å². The van der Waals surface area contributed by atoms with Crippen LogP contribution in [-0.4, -0.2) is 42.8 Å². The molecule has 0 saturated carbocycles. The van der Waals surface area contributed by atoms with Crippen LogP contribution in [-0.2, 0) is 14.3 Å². The predicted octanol–water partition coefficient (Wildman–Crippen LogP) is 4.05. The molecule has 0 bridgehead atoms. The van der Waals surface area contributed by atoms with E-state index in [1.165, 1.54) is 24.1 Å². The second-order valence-electron chi connectivity index (χ2n) is 8.02. The zero-order valence-corrected chi connectivity index (χ0v) is 18.9. The highest BCUT2D eigenvalue weighted by Crippen LogP contribution is 2.29. The molecule has 0 aliphatic carbocycles. The largest absolute Gasteiger partial charge is 0.497 e. The average molecular weight is 474 g/mol. The minimum absolute atomic E-state index is 0.00368. The molecule has 1 fully saturated rings. The van der Waals surface area contributed by atoms with Gasteiger partial charge in [0.1, 0.15) is 5.75 Å². The maximum absolute atomic E-state index is 12.5. The third-order valence-corrected chi connectivity index (χ3v) is 5.79. The number of ether oxygens (including phenoxy) is 2. The lowest BCUT2D eigenvalue weighted by Gasteiger charge is -2.17. The van der Waals surface area contributed by atoms with Gasteiger partial charge in [0.25, 0.3) is 5.69 Å². The highest BCUT2D eigenvalue weighted by atomic mass is 16.6. The fraction of sp³-hybridized carbons (Fsp3) is 0.192. The Balaban J connectivity index is 1.36. The number of carbonyl (C=O) groups excluding carboxylic acids is 3. The number of anilines is 1. The van der Waals surface area contributed by atoms with Crippen LogP contribution in [0.3, 0.4) is 0 Å². The SMILES string of the molecule is COc1cccc(C(=O)COC(=O)[C@@H]2CC(=O)N(c3ccc(-c4ccc([N+](=O)[O-])cc4)cc3)C2)c1. The molecule has 3 aromatic rings. The van der Waals surface area contributed by atoms with Gasteiger partial charge in [-0.1, -0.05) is 24.3 Å². The molecule has 3 aromatic carbocycles. The number of nitro groups is 1. The molecule has 1 amide bonds. The van der Waals surface area contributed by atoms with Crippen molar-refractivity contribution in [3.63, 3.8) is 0 Å². The summed E-state index contributed by atoms with van der Waals surface area (Å²) in [5.74, 6) is -1.32. The van der Waals surface area contributed by atoms with E-state index in [0.29, 0.717) is 17.0 Å². The number of hydrogen-bond acceptors (Lipinski definition) is 7. The molecule has 1 aliphatic rings. The maximum atomic E-state index is 12.5. The summed E-state index contributed by atoms with van der Waals surface area (Å²) in [6, 6.07) is 19.9. The van der Waals surface area contributed by atoms with Gasteiger partial charge in [0.2, 0.25) is 5.91 Å². The van der Waals surface area contributed by atoms with Gasteiger partial charge in [-0.25, -0.2) is 0 Å². The molecule has 0 unspecified atom stereocenters. The van der Waals surface area contributed by atoms with Crippen molar-refractivity contribution in [1.29, 1.82) is 0 Å². The number of nitrogens with zero attached hydrogens (tertiary/aromatic N) is 2. The summed E-state index contributed by atoms with van der Waals surface area (Å²) in [7, 11) is 1.50. The van der Waals surface area contributed by atoms with Crippen LogP contribution in [0, 0.1) is 16.0 Å². The monoisotopic (exact) mass is 474 g/mol. The summed E-state index contributed by atoms with van der Waals surface area (Å²) >= 11 is 0. The molecule has 9 heteroatoms. The summed E-state index contributed by atoms with van der Waals surface area (Å²) in [6.45, 7) is -0.261. The summed E-state index contributed by atoms with van der Waals surface area (Å²) in [5, 5.41) is 10.8. The normalized spacial score (nSPS) is 15.1. The van der Waals surface area contributed by atoms with E-state index in [1.807, 2.05) is 12.1 Å². The van der Waals surface area contributed by atoms with Crippen molar-refractivity contribution >= 4 is 29.0 Å². The first-order chi connectivity index (χ1) is 16.9. The Bertz CT molecular complexity index is 1270. The number of methoxy groups -OCH3 is 1. The van der Waals surface area contributed by atoms with E-state index in [-0.39, 0.29) is 30.3 Å². The third-order valence-electron chi connectivity index (χ3n) is 5.79. The third kappa shape index (κ3) is 5.35. The highest BCUT2D eigenvalue weighted by Gasteiger charge is 2.36. The first-order valence-electron chi connectivity index (χ1n) is 10.8. The van der Waals surface area contributed by atoms with E-state index >= 15 is 0 Å². The average Bonchev–Trinajstić information content (AvgIpc) is 3.28. The van der Waals surface area contributed by atoms with E-state index in [1.54, 1.807) is 48.5 Å². The quantitative estimate of drug-likeness (QED) is 0.209. The van der Waals surface area contributed by atoms with Crippen molar-refractivity contribution in [2.75, 3.05) is 25.2 Å². The summed E-state index contributed by atoms with van der Waals surface area (Å²) in [5.41, 5.74) is 2.65. The lowest BCUT2D eigenvalue weighted by molar-refractivity contribution is -0.384. The minimum Gasteiger partial charge on any atom is -0.497 e. The maximum Gasteiger partial charge on any atom is 0.311 e. The lowest BCUT2D eigenvalue weighted by Crippen LogP contribution is -2.27. The number of esters is 1. The number of ketones is 1. The van der Waals surface area contributed by atoms with Crippen molar-refractivity contribution in [3.05, 3.63) is 88.5 Å². The molecular weight excluding hydrogens is 452 g/mol. The fourth-order valence-electron chi connectivity index (χ4n) is 3.86. The van der Waals surface area contributed by atoms with E-state index < -0.39 is 23.4 Å². The standard InChI is InChI=1S/C26H22N2O7/c1-34-23-4-2-3-19(13-23)24(29)16-35-26(31)20-14-25(30)27(15-20)21-9-5-17(6-10-21)18-7-11-22(12-8-18)28(32)33/h2-13,20H,14-16H2,1H3/t20-/m1/s1. The number of benzene rings is 3. The molecule has 0 aromatic heterocycles. The van der Waals surface area contributed by atoms with Crippen molar-refractivity contribution in [3.8, 4) is 16.9 Å². The molecule has 35 heavy (non-hydrogen) atoms. The number of nitro benzene ring substituents is 1. The first kappa shape index (κ1) is 23.6. The van der Waals surface area contributed by atoms with Gasteiger partial charge in [-0.3, -0.25) is 24.5 Å². The highest BCUT2D eigenvalue weighted by molar-refractivity contribution is 6.01. The van der Waals surface area contributed by atoms with Crippen molar-refractivity contribution < 1.29 is 28.8 Å². The van der Waals surface area contributed by atoms with Crippen LogP contribution in [0.4, 0.5) is 11.4 Å². The molecule has 0 N–H and O–H groups in total. The fourth-order valence-corrected chi connectivity index (χ4v) is 3.86. The molecule has 0 spiro atoms. The van der Waals surface area contributed by atoms with Gasteiger partial charge in [-0.15, -0.1) is 0 Å². The minimum atomic E-state index is -0.671. The summed E-state index contributed by atoms with van der Waals surface area (Å²) in [6.07, 6.45) is -0.00368. The molecule has 1 atom stereocenters. The molecule has 1 heterocycles. The second-order valence-corrected chi connectivity index (χ2v) is 8.02. The number of rotatable bonds is 8. The predicted molar refractivity (Wildman–Crippen MR) is 127 cm³/mol. The van der Waals surface area contributed by atoms with Gasteiger partial charge in [0.05, 0.1) is 18.0 Å². The molecular formula is C26H22N2O7. The Hall–Kier alpha value is -4.53. The van der Waals surface area contributed by atoms with Crippen LogP contribution in [0.25, 0.3) is 11.1 Å². The van der Waals surface area contributed by atoms with Gasteiger partial charge in [0, 0.05) is 36.3 Å². The van der Waals surface area contributed by atoms with Crippen molar-refractivity contribution in [1.82, 2.24) is 0 Å². The zero-order chi connectivity index (χ0) is 24.9. The van der Waals surface area contributed by atoms with E-state index in [2.05, 4.69) is 0 Å². The van der Waals surface area contributed by atoms with Gasteiger partial charge < -0.3 is 14.4 Å². The number of hydrogen-bond donors (Lipinski definition) is 0. The van der Waals surface area contributed by atoms with Crippen molar-refractivity contribution in [2.24, 2.45) is 5.92 Å². The number of carbonyl (C=O) groups is 3. The van der Waals surface area contributed by atoms with Crippen molar-refractivity contribution in [2.45, 2.75) is 6.42 Å². The Labute approximate surface area is 201 Å². The lowest BCUT2D eigenvalue weighted by atomic mass is 10.0. The Kier molecular flexibility index (Phi) is 6.86. The van der Waals surface area contributed by atoms with Gasteiger partial charge >= 0.3 is 5.97 Å². The number of non-ortho nitro benzene ring substituents is 1. The molecule has 1 aliphatic heterocycles. The molecule has 9 nitrogen and oxygen atoms in total. The zero-order valence-electron chi connectivity index (χ0n) is 18.9. The van der Waals surface area contributed by atoms with Crippen LogP contribution >= 0.6 is 0 Å². The summed E-state index contributed by atoms with van der Waals surface area (Å²) < 4.78 is 10.3. The van der Waals surface area contributed by atoms with Crippen LogP contribution < -0.4 is 9.64 Å². The van der Waals surface area contributed by atoms with Gasteiger partial charge in [-0.05, 0) is 47.5 Å². The number of amides is 1. The van der Waals surface area contributed by atoms with Crippen LogP contribution in [0.1, 0.15) is 16.8 Å². The van der Waals surface area contributed by atoms with E-state index in [4.69, 9.17) is 9.47 Å². The Morgan fingerprint density at radius 2 is 1.69 bits per heavy atom. The Morgan fingerprint density at radius 3 is 2.31 bits per heavy atom. The van der Waals surface area contributed by atoms with Crippen LogP contribution in [0.2, 0.25) is 0 Å². The molecule has 178 valence electrons. The topological polar surface area (TPSA) is 116 Å². The Morgan fingerprint density at radius 1 is 1.03 bits per heavy atom. The smallest absolute Gasteiger partial charge is 0.311 e. The summed E-state index contributed by atoms with van der Waals surface area (Å²) in [4.78, 5) is 49.3. The second kappa shape index (κ2) is 10.2. The number of Topliss-reactive ketones (excluding diaryl/α,β-unsaturated/α-hetero) is 1.